The van der Waals surface area contributed by atoms with E-state index in [-0.39, 0.29) is 23.6 Å². The van der Waals surface area contributed by atoms with E-state index in [9.17, 15) is 14.9 Å². The fourth-order valence-corrected chi connectivity index (χ4v) is 3.40. The molecule has 0 radical (unpaired) electrons. The van der Waals surface area contributed by atoms with Gasteiger partial charge >= 0.3 is 0 Å². The van der Waals surface area contributed by atoms with Gasteiger partial charge in [0.15, 0.2) is 6.10 Å². The monoisotopic (exact) mass is 333 g/mol. The van der Waals surface area contributed by atoms with Crippen molar-refractivity contribution >= 4 is 17.3 Å². The minimum absolute atomic E-state index is 0.0222. The van der Waals surface area contributed by atoms with Crippen molar-refractivity contribution in [3.05, 3.63) is 28.3 Å². The van der Waals surface area contributed by atoms with Gasteiger partial charge in [-0.05, 0) is 45.0 Å². The zero-order valence-electron chi connectivity index (χ0n) is 14.3. The number of fused-ring (bicyclic) bond motifs is 1. The van der Waals surface area contributed by atoms with Gasteiger partial charge in [-0.15, -0.1) is 0 Å². The summed E-state index contributed by atoms with van der Waals surface area (Å²) in [5.74, 6) is 0.500. The van der Waals surface area contributed by atoms with Gasteiger partial charge < -0.3 is 14.5 Å². The van der Waals surface area contributed by atoms with Crippen LogP contribution in [0.1, 0.15) is 26.7 Å². The molecule has 1 aromatic rings. The molecule has 7 heteroatoms. The molecule has 1 atom stereocenters. The van der Waals surface area contributed by atoms with Crippen molar-refractivity contribution in [2.75, 3.05) is 25.0 Å². The normalized spacial score (nSPS) is 22.4. The van der Waals surface area contributed by atoms with Crippen LogP contribution < -0.4 is 9.64 Å². The number of benzene rings is 1. The Hall–Kier alpha value is -2.15. The summed E-state index contributed by atoms with van der Waals surface area (Å²) in [5, 5.41) is 11.1. The van der Waals surface area contributed by atoms with Crippen LogP contribution in [0.3, 0.4) is 0 Å². The molecule has 24 heavy (non-hydrogen) atoms. The molecule has 2 heterocycles. The van der Waals surface area contributed by atoms with Crippen LogP contribution in [0.2, 0.25) is 0 Å². The zero-order chi connectivity index (χ0) is 17.4. The molecule has 0 bridgehead atoms. The summed E-state index contributed by atoms with van der Waals surface area (Å²) in [6.07, 6.45) is 1.17. The number of hydrogen-bond acceptors (Lipinski definition) is 5. The Balaban J connectivity index is 2.02. The van der Waals surface area contributed by atoms with E-state index in [1.807, 2.05) is 13.8 Å². The highest BCUT2D eigenvalue weighted by atomic mass is 16.6. The van der Waals surface area contributed by atoms with Crippen molar-refractivity contribution in [1.82, 2.24) is 4.90 Å². The summed E-state index contributed by atoms with van der Waals surface area (Å²) >= 11 is 0. The summed E-state index contributed by atoms with van der Waals surface area (Å²) < 4.78 is 5.86. The van der Waals surface area contributed by atoms with Crippen molar-refractivity contribution in [3.8, 4) is 5.75 Å². The molecular formula is C17H23N3O4. The second-order valence-electron chi connectivity index (χ2n) is 6.93. The van der Waals surface area contributed by atoms with Crippen molar-refractivity contribution < 1.29 is 14.5 Å². The summed E-state index contributed by atoms with van der Waals surface area (Å²) in [6, 6.07) is 4.55. The van der Waals surface area contributed by atoms with Crippen LogP contribution in [0.4, 0.5) is 11.4 Å². The Bertz CT molecular complexity index is 653. The molecule has 130 valence electrons. The van der Waals surface area contributed by atoms with E-state index >= 15 is 0 Å². The topological polar surface area (TPSA) is 75.9 Å². The average Bonchev–Trinajstić information content (AvgIpc) is 2.54. The lowest BCUT2D eigenvalue weighted by Gasteiger charge is -2.42. The second-order valence-corrected chi connectivity index (χ2v) is 6.93. The van der Waals surface area contributed by atoms with E-state index in [0.717, 1.165) is 25.9 Å². The summed E-state index contributed by atoms with van der Waals surface area (Å²) in [7, 11) is 2.06. The SMILES string of the molecule is CC(C)C1Oc2ccc([N+](=O)[O-])cc2N(C2CCN(C)CC2)C1=O. The quantitative estimate of drug-likeness (QED) is 0.627. The van der Waals surface area contributed by atoms with Crippen LogP contribution in [-0.2, 0) is 4.79 Å². The number of nitro groups is 1. The fraction of sp³-hybridized carbons (Fsp3) is 0.588. The molecule has 0 aliphatic carbocycles. The highest BCUT2D eigenvalue weighted by molar-refractivity contribution is 6.01. The number of hydrogen-bond donors (Lipinski definition) is 0. The first-order valence-electron chi connectivity index (χ1n) is 8.35. The van der Waals surface area contributed by atoms with Crippen LogP contribution in [0.25, 0.3) is 0 Å². The van der Waals surface area contributed by atoms with Crippen LogP contribution in [0, 0.1) is 16.0 Å². The molecule has 2 aliphatic rings. The standard InChI is InChI=1S/C17H23N3O4/c1-11(2)16-17(21)19(12-6-8-18(3)9-7-12)14-10-13(20(22)23)4-5-15(14)24-16/h4-5,10-12,16H,6-9H2,1-3H3. The predicted octanol–water partition coefficient (Wildman–Crippen LogP) is 2.44. The molecule has 3 rings (SSSR count). The van der Waals surface area contributed by atoms with Crippen LogP contribution >= 0.6 is 0 Å². The van der Waals surface area contributed by atoms with Crippen molar-refractivity contribution in [2.24, 2.45) is 5.92 Å². The van der Waals surface area contributed by atoms with Gasteiger partial charge in [-0.2, -0.15) is 0 Å². The van der Waals surface area contributed by atoms with Crippen molar-refractivity contribution in [2.45, 2.75) is 38.8 Å². The molecule has 1 amide bonds. The van der Waals surface area contributed by atoms with Gasteiger partial charge in [0.1, 0.15) is 5.75 Å². The van der Waals surface area contributed by atoms with Gasteiger partial charge in [-0.3, -0.25) is 14.9 Å². The number of nitro benzene ring substituents is 1. The van der Waals surface area contributed by atoms with E-state index in [2.05, 4.69) is 11.9 Å². The van der Waals surface area contributed by atoms with Crippen molar-refractivity contribution in [3.63, 3.8) is 0 Å². The Morgan fingerprint density at radius 3 is 2.54 bits per heavy atom. The molecule has 2 aliphatic heterocycles. The second kappa shape index (κ2) is 6.39. The maximum absolute atomic E-state index is 13.0. The molecule has 7 nitrogen and oxygen atoms in total. The molecule has 1 fully saturated rings. The highest BCUT2D eigenvalue weighted by Gasteiger charge is 2.41. The number of rotatable bonds is 3. The minimum Gasteiger partial charge on any atom is -0.478 e. The van der Waals surface area contributed by atoms with E-state index < -0.39 is 11.0 Å². The number of piperidine rings is 1. The van der Waals surface area contributed by atoms with Crippen molar-refractivity contribution in [1.29, 1.82) is 0 Å². The third-order valence-electron chi connectivity index (χ3n) is 4.81. The smallest absolute Gasteiger partial charge is 0.271 e. The van der Waals surface area contributed by atoms with Crippen LogP contribution in [0.15, 0.2) is 18.2 Å². The number of anilines is 1. The Kier molecular flexibility index (Phi) is 4.45. The number of carbonyl (C=O) groups is 1. The van der Waals surface area contributed by atoms with Gasteiger partial charge in [-0.1, -0.05) is 13.8 Å². The molecule has 0 aromatic heterocycles. The molecule has 0 saturated carbocycles. The van der Waals surface area contributed by atoms with E-state index in [0.29, 0.717) is 11.4 Å². The minimum atomic E-state index is -0.543. The summed E-state index contributed by atoms with van der Waals surface area (Å²) in [4.78, 5) is 27.7. The lowest BCUT2D eigenvalue weighted by Crippen LogP contribution is -2.55. The number of amides is 1. The average molecular weight is 333 g/mol. The number of likely N-dealkylation sites (tertiary alicyclic amines) is 1. The molecular weight excluding hydrogens is 310 g/mol. The number of ether oxygens (including phenoxy) is 1. The van der Waals surface area contributed by atoms with Crippen LogP contribution in [-0.4, -0.2) is 48.0 Å². The third-order valence-corrected chi connectivity index (χ3v) is 4.81. The first-order valence-corrected chi connectivity index (χ1v) is 8.35. The maximum atomic E-state index is 13.0. The number of nitrogens with zero attached hydrogens (tertiary/aromatic N) is 3. The highest BCUT2D eigenvalue weighted by Crippen LogP contribution is 2.40. The van der Waals surface area contributed by atoms with E-state index in [4.69, 9.17) is 4.74 Å². The van der Waals surface area contributed by atoms with Crippen LogP contribution in [0.5, 0.6) is 5.75 Å². The fourth-order valence-electron chi connectivity index (χ4n) is 3.40. The first kappa shape index (κ1) is 16.7. The first-order chi connectivity index (χ1) is 11.4. The molecule has 1 aromatic carbocycles. The molecule has 1 unspecified atom stereocenters. The van der Waals surface area contributed by atoms with Gasteiger partial charge in [0.2, 0.25) is 0 Å². The molecule has 1 saturated heterocycles. The Morgan fingerprint density at radius 1 is 1.29 bits per heavy atom. The molecule has 0 N–H and O–H groups in total. The van der Waals surface area contributed by atoms with E-state index in [1.54, 1.807) is 11.0 Å². The van der Waals surface area contributed by atoms with Gasteiger partial charge in [0.05, 0.1) is 10.6 Å². The summed E-state index contributed by atoms with van der Waals surface area (Å²) in [6.45, 7) is 5.72. The van der Waals surface area contributed by atoms with Gasteiger partial charge in [-0.25, -0.2) is 0 Å². The Morgan fingerprint density at radius 2 is 1.96 bits per heavy atom. The number of carbonyl (C=O) groups excluding carboxylic acids is 1. The van der Waals surface area contributed by atoms with E-state index in [1.165, 1.54) is 12.1 Å². The lowest BCUT2D eigenvalue weighted by molar-refractivity contribution is -0.384. The number of non-ortho nitro benzene ring substituents is 1. The third kappa shape index (κ3) is 2.96. The van der Waals surface area contributed by atoms with Gasteiger partial charge in [0, 0.05) is 18.2 Å². The maximum Gasteiger partial charge on any atom is 0.271 e. The largest absolute Gasteiger partial charge is 0.478 e. The zero-order valence-corrected chi connectivity index (χ0v) is 14.3. The van der Waals surface area contributed by atoms with Gasteiger partial charge in [0.25, 0.3) is 11.6 Å². The Labute approximate surface area is 141 Å². The lowest BCUT2D eigenvalue weighted by atomic mass is 9.97. The predicted molar refractivity (Wildman–Crippen MR) is 90.4 cm³/mol. The summed E-state index contributed by atoms with van der Waals surface area (Å²) in [5.41, 5.74) is 0.506. The molecule has 0 spiro atoms.